The number of amides is 1. The van der Waals surface area contributed by atoms with E-state index in [1.54, 1.807) is 42.0 Å². The molecule has 9 heteroatoms. The van der Waals surface area contributed by atoms with Gasteiger partial charge >= 0.3 is 12.1 Å². The van der Waals surface area contributed by atoms with Gasteiger partial charge < -0.3 is 20.2 Å². The second-order valence-corrected chi connectivity index (χ2v) is 6.96. The van der Waals surface area contributed by atoms with Crippen LogP contribution in [0.5, 0.6) is 0 Å². The number of nitrogens with one attached hydrogen (secondary N) is 1. The molecule has 0 aliphatic carbocycles. The molecular weight excluding hydrogens is 381 g/mol. The summed E-state index contributed by atoms with van der Waals surface area (Å²) in [5.74, 6) is -1.31. The second kappa shape index (κ2) is 9.40. The zero-order valence-corrected chi connectivity index (χ0v) is 16.9. The molecule has 2 unspecified atom stereocenters. The predicted molar refractivity (Wildman–Crippen MR) is 108 cm³/mol. The van der Waals surface area contributed by atoms with E-state index in [0.717, 1.165) is 0 Å². The van der Waals surface area contributed by atoms with Crippen molar-refractivity contribution in [2.75, 3.05) is 25.7 Å². The molecule has 0 fully saturated rings. The lowest BCUT2D eigenvalue weighted by Crippen LogP contribution is -2.31. The first kappa shape index (κ1) is 22.2. The van der Waals surface area contributed by atoms with Crippen molar-refractivity contribution in [2.24, 2.45) is 0 Å². The highest BCUT2D eigenvalue weighted by Gasteiger charge is 2.19. The van der Waals surface area contributed by atoms with Gasteiger partial charge in [0.05, 0.1) is 18.2 Å². The average molecular weight is 407 g/mol. The van der Waals surface area contributed by atoms with Crippen molar-refractivity contribution in [3.8, 4) is 0 Å². The van der Waals surface area contributed by atoms with Gasteiger partial charge in [0.25, 0.3) is 0 Å². The van der Waals surface area contributed by atoms with Crippen LogP contribution in [0.2, 0.25) is 0 Å². The molecular formula is C20H26FN3O5. The lowest BCUT2D eigenvalue weighted by atomic mass is 10.0. The molecule has 2 rings (SSSR count). The maximum absolute atomic E-state index is 12.8. The smallest absolute Gasteiger partial charge is 0.407 e. The Morgan fingerprint density at radius 3 is 2.59 bits per heavy atom. The first-order valence-electron chi connectivity index (χ1n) is 9.33. The molecule has 0 saturated heterocycles. The standard InChI is InChI=1S/C20H26FN3O5/c1-5-16(22-20(28)29-9-8-12(2)21)13-6-7-17-14(10-13)18(25)15(19(26)27)11-24(17)23(3)4/h6-7,10-12,16H,5,8-9H2,1-4H3,(H,22,28)(H,26,27). The molecule has 158 valence electrons. The maximum atomic E-state index is 12.8. The topological polar surface area (TPSA) is 101 Å². The number of halogens is 1. The second-order valence-electron chi connectivity index (χ2n) is 6.96. The van der Waals surface area contributed by atoms with Gasteiger partial charge in [0.1, 0.15) is 11.7 Å². The van der Waals surface area contributed by atoms with Crippen LogP contribution in [0, 0.1) is 0 Å². The summed E-state index contributed by atoms with van der Waals surface area (Å²) in [5, 5.41) is 14.0. The fourth-order valence-corrected chi connectivity index (χ4v) is 2.95. The van der Waals surface area contributed by atoms with Gasteiger partial charge in [-0.3, -0.25) is 9.47 Å². The molecule has 0 aliphatic rings. The van der Waals surface area contributed by atoms with Crippen LogP contribution in [0.1, 0.15) is 48.7 Å². The third-order valence-corrected chi connectivity index (χ3v) is 4.52. The van der Waals surface area contributed by atoms with Crippen molar-refractivity contribution in [1.82, 2.24) is 9.99 Å². The molecule has 8 nitrogen and oxygen atoms in total. The number of carbonyl (C=O) groups excluding carboxylic acids is 1. The average Bonchev–Trinajstić information content (AvgIpc) is 2.65. The Bertz CT molecular complexity index is 955. The van der Waals surface area contributed by atoms with E-state index < -0.39 is 29.7 Å². The Morgan fingerprint density at radius 2 is 2.03 bits per heavy atom. The Hall–Kier alpha value is -3.10. The maximum Gasteiger partial charge on any atom is 0.407 e. The van der Waals surface area contributed by atoms with Crippen LogP contribution in [0.4, 0.5) is 9.18 Å². The summed E-state index contributed by atoms with van der Waals surface area (Å²) >= 11 is 0. The quantitative estimate of drug-likeness (QED) is 0.698. The number of carboxylic acid groups (broad SMARTS) is 1. The molecule has 1 amide bonds. The normalized spacial score (nSPS) is 13.0. The van der Waals surface area contributed by atoms with Crippen molar-refractivity contribution in [1.29, 1.82) is 0 Å². The van der Waals surface area contributed by atoms with Crippen LogP contribution in [-0.2, 0) is 4.74 Å². The zero-order chi connectivity index (χ0) is 21.7. The summed E-state index contributed by atoms with van der Waals surface area (Å²) in [6.07, 6.45) is 0.170. The van der Waals surface area contributed by atoms with Crippen LogP contribution in [0.15, 0.2) is 29.2 Å². The van der Waals surface area contributed by atoms with Crippen LogP contribution in [0.25, 0.3) is 10.9 Å². The summed E-state index contributed by atoms with van der Waals surface area (Å²) in [6, 6.07) is 4.61. The lowest BCUT2D eigenvalue weighted by molar-refractivity contribution is 0.0694. The fraction of sp³-hybridized carbons (Fsp3) is 0.450. The third-order valence-electron chi connectivity index (χ3n) is 4.52. The Labute approximate surface area is 167 Å². The van der Waals surface area contributed by atoms with E-state index in [1.165, 1.54) is 13.1 Å². The molecule has 0 bridgehead atoms. The minimum absolute atomic E-state index is 0.0346. The number of fused-ring (bicyclic) bond motifs is 1. The SMILES string of the molecule is CCC(NC(=O)OCCC(C)F)c1ccc2c(c1)c(=O)c(C(=O)O)cn2N(C)C. The number of alkyl halides is 1. The molecule has 2 atom stereocenters. The fourth-order valence-electron chi connectivity index (χ4n) is 2.95. The molecule has 0 saturated carbocycles. The number of ether oxygens (including phenoxy) is 1. The van der Waals surface area contributed by atoms with E-state index in [-0.39, 0.29) is 24.0 Å². The largest absolute Gasteiger partial charge is 0.477 e. The number of pyridine rings is 1. The van der Waals surface area contributed by atoms with Gasteiger partial charge in [-0.15, -0.1) is 0 Å². The summed E-state index contributed by atoms with van der Waals surface area (Å²) in [6.45, 7) is 3.20. The van der Waals surface area contributed by atoms with Crippen molar-refractivity contribution in [2.45, 2.75) is 38.9 Å². The zero-order valence-electron chi connectivity index (χ0n) is 16.9. The predicted octanol–water partition coefficient (Wildman–Crippen LogP) is 2.82. The molecule has 0 aliphatic heterocycles. The molecule has 2 aromatic rings. The number of nitrogens with zero attached hydrogens (tertiary/aromatic N) is 2. The highest BCUT2D eigenvalue weighted by atomic mass is 19.1. The number of aromatic nitrogens is 1. The summed E-state index contributed by atoms with van der Waals surface area (Å²) in [7, 11) is 3.46. The lowest BCUT2D eigenvalue weighted by Gasteiger charge is -2.22. The number of benzene rings is 1. The Morgan fingerprint density at radius 1 is 1.34 bits per heavy atom. The van der Waals surface area contributed by atoms with Crippen LogP contribution < -0.4 is 15.8 Å². The van der Waals surface area contributed by atoms with E-state index in [0.29, 0.717) is 17.5 Å². The summed E-state index contributed by atoms with van der Waals surface area (Å²) in [5.41, 5.74) is 0.245. The molecule has 1 aromatic heterocycles. The van der Waals surface area contributed by atoms with Crippen LogP contribution in [0.3, 0.4) is 0 Å². The van der Waals surface area contributed by atoms with Gasteiger partial charge in [0.15, 0.2) is 0 Å². The number of hydrogen-bond acceptors (Lipinski definition) is 5. The van der Waals surface area contributed by atoms with Crippen molar-refractivity contribution in [3.63, 3.8) is 0 Å². The van der Waals surface area contributed by atoms with Gasteiger partial charge in [-0.05, 0) is 31.0 Å². The van der Waals surface area contributed by atoms with E-state index in [9.17, 15) is 23.9 Å². The van der Waals surface area contributed by atoms with E-state index in [2.05, 4.69) is 5.32 Å². The van der Waals surface area contributed by atoms with Crippen LogP contribution >= 0.6 is 0 Å². The van der Waals surface area contributed by atoms with Crippen molar-refractivity contribution < 1.29 is 23.8 Å². The van der Waals surface area contributed by atoms with Gasteiger partial charge in [-0.1, -0.05) is 13.0 Å². The Balaban J connectivity index is 2.40. The van der Waals surface area contributed by atoms with E-state index in [1.807, 2.05) is 6.92 Å². The highest BCUT2D eigenvalue weighted by Crippen LogP contribution is 2.22. The molecule has 1 heterocycles. The summed E-state index contributed by atoms with van der Waals surface area (Å²) < 4.78 is 19.4. The first-order chi connectivity index (χ1) is 13.6. The minimum atomic E-state index is -1.31. The number of hydrogen-bond donors (Lipinski definition) is 2. The molecule has 29 heavy (non-hydrogen) atoms. The van der Waals surface area contributed by atoms with Crippen molar-refractivity contribution >= 4 is 23.0 Å². The van der Waals surface area contributed by atoms with Gasteiger partial charge in [-0.25, -0.2) is 14.0 Å². The van der Waals surface area contributed by atoms with E-state index >= 15 is 0 Å². The van der Waals surface area contributed by atoms with Crippen LogP contribution in [-0.4, -0.2) is 48.7 Å². The van der Waals surface area contributed by atoms with Gasteiger partial charge in [-0.2, -0.15) is 0 Å². The number of rotatable bonds is 8. The number of alkyl carbamates (subject to hydrolysis) is 1. The Kier molecular flexibility index (Phi) is 7.19. The first-order valence-corrected chi connectivity index (χ1v) is 9.33. The molecule has 1 aromatic carbocycles. The van der Waals surface area contributed by atoms with Crippen molar-refractivity contribution in [3.05, 3.63) is 45.7 Å². The summed E-state index contributed by atoms with van der Waals surface area (Å²) in [4.78, 5) is 36.1. The molecule has 0 spiro atoms. The third kappa shape index (κ3) is 5.24. The van der Waals surface area contributed by atoms with Gasteiger partial charge in [0.2, 0.25) is 5.43 Å². The number of carboxylic acids is 1. The number of aromatic carboxylic acids is 1. The number of carbonyl (C=O) groups is 2. The molecule has 2 N–H and O–H groups in total. The minimum Gasteiger partial charge on any atom is -0.477 e. The molecule has 0 radical (unpaired) electrons. The highest BCUT2D eigenvalue weighted by molar-refractivity contribution is 5.93. The monoisotopic (exact) mass is 407 g/mol. The van der Waals surface area contributed by atoms with Gasteiger partial charge in [0, 0.05) is 32.1 Å². The van der Waals surface area contributed by atoms with E-state index in [4.69, 9.17) is 4.74 Å².